The van der Waals surface area contributed by atoms with E-state index < -0.39 is 0 Å². The molecule has 2 nitrogen and oxygen atoms in total. The molecule has 0 bridgehead atoms. The van der Waals surface area contributed by atoms with Gasteiger partial charge in [-0.05, 0) is 46.1 Å². The summed E-state index contributed by atoms with van der Waals surface area (Å²) >= 11 is 0. The van der Waals surface area contributed by atoms with Crippen molar-refractivity contribution in [2.75, 3.05) is 13.1 Å². The van der Waals surface area contributed by atoms with Crippen molar-refractivity contribution in [3.63, 3.8) is 0 Å². The van der Waals surface area contributed by atoms with Crippen LogP contribution in [0.4, 0.5) is 0 Å². The van der Waals surface area contributed by atoms with Gasteiger partial charge >= 0.3 is 0 Å². The molecule has 1 unspecified atom stereocenters. The van der Waals surface area contributed by atoms with E-state index in [4.69, 9.17) is 0 Å². The molecule has 1 fully saturated rings. The van der Waals surface area contributed by atoms with E-state index in [1.165, 1.54) is 25.7 Å². The van der Waals surface area contributed by atoms with Crippen LogP contribution in [0.5, 0.6) is 0 Å². The fourth-order valence-corrected chi connectivity index (χ4v) is 2.85. The van der Waals surface area contributed by atoms with Gasteiger partial charge in [0, 0.05) is 12.6 Å². The Morgan fingerprint density at radius 1 is 1.12 bits per heavy atom. The molecule has 1 saturated heterocycles. The average molecular weight is 241 g/mol. The highest BCUT2D eigenvalue weighted by molar-refractivity contribution is 4.84. The first kappa shape index (κ1) is 15.0. The van der Waals surface area contributed by atoms with Crippen molar-refractivity contribution in [2.45, 2.75) is 83.8 Å². The van der Waals surface area contributed by atoms with Crippen molar-refractivity contribution in [3.8, 4) is 0 Å². The van der Waals surface area contributed by atoms with Crippen molar-refractivity contribution < 1.29 is 5.11 Å². The molecular weight excluding hydrogens is 210 g/mol. The number of hydrogen-bond acceptors (Lipinski definition) is 2. The van der Waals surface area contributed by atoms with Gasteiger partial charge in [-0.3, -0.25) is 0 Å². The Morgan fingerprint density at radius 2 is 1.88 bits per heavy atom. The maximum absolute atomic E-state index is 10.6. The third-order valence-corrected chi connectivity index (χ3v) is 4.18. The van der Waals surface area contributed by atoms with Gasteiger partial charge in [0.05, 0.1) is 5.60 Å². The Morgan fingerprint density at radius 3 is 2.53 bits per heavy atom. The van der Waals surface area contributed by atoms with Crippen LogP contribution in [0, 0.1) is 0 Å². The minimum atomic E-state index is -0.364. The largest absolute Gasteiger partial charge is 0.390 e. The van der Waals surface area contributed by atoms with E-state index in [9.17, 15) is 5.11 Å². The fraction of sp³-hybridized carbons (Fsp3) is 1.00. The molecule has 1 N–H and O–H groups in total. The van der Waals surface area contributed by atoms with Crippen molar-refractivity contribution >= 4 is 0 Å². The number of nitrogens with zero attached hydrogens (tertiary/aromatic N) is 1. The van der Waals surface area contributed by atoms with Gasteiger partial charge in [0.15, 0.2) is 0 Å². The molecule has 0 aromatic rings. The Bertz CT molecular complexity index is 205. The summed E-state index contributed by atoms with van der Waals surface area (Å²) in [4.78, 5) is 2.50. The summed E-state index contributed by atoms with van der Waals surface area (Å²) in [6.45, 7) is 8.98. The standard InChI is InChI=1S/C15H31NO/c1-4-5-6-7-9-15(17)10-8-12-16(13-11-15)14(2)3/h14,17H,4-13H2,1-3H3. The maximum Gasteiger partial charge on any atom is 0.0660 e. The summed E-state index contributed by atoms with van der Waals surface area (Å²) in [5.41, 5.74) is -0.364. The summed E-state index contributed by atoms with van der Waals surface area (Å²) in [7, 11) is 0. The fourth-order valence-electron chi connectivity index (χ4n) is 2.85. The summed E-state index contributed by atoms with van der Waals surface area (Å²) in [5.74, 6) is 0. The first-order chi connectivity index (χ1) is 8.07. The zero-order valence-electron chi connectivity index (χ0n) is 12.0. The molecule has 1 rings (SSSR count). The van der Waals surface area contributed by atoms with Crippen LogP contribution in [-0.4, -0.2) is 34.7 Å². The first-order valence-corrected chi connectivity index (χ1v) is 7.54. The van der Waals surface area contributed by atoms with E-state index in [2.05, 4.69) is 25.7 Å². The van der Waals surface area contributed by atoms with Crippen molar-refractivity contribution in [1.29, 1.82) is 0 Å². The van der Waals surface area contributed by atoms with E-state index in [1.807, 2.05) is 0 Å². The number of likely N-dealkylation sites (tertiary alicyclic amines) is 1. The highest BCUT2D eigenvalue weighted by Gasteiger charge is 2.29. The van der Waals surface area contributed by atoms with Gasteiger partial charge in [0.2, 0.25) is 0 Å². The number of hydrogen-bond donors (Lipinski definition) is 1. The van der Waals surface area contributed by atoms with E-state index in [-0.39, 0.29) is 5.60 Å². The lowest BCUT2D eigenvalue weighted by molar-refractivity contribution is 0.0138. The molecule has 17 heavy (non-hydrogen) atoms. The molecule has 2 heteroatoms. The molecule has 1 heterocycles. The molecule has 0 aromatic carbocycles. The molecule has 102 valence electrons. The Labute approximate surface area is 107 Å². The van der Waals surface area contributed by atoms with Gasteiger partial charge in [-0.1, -0.05) is 32.6 Å². The predicted molar refractivity (Wildman–Crippen MR) is 74.3 cm³/mol. The lowest BCUT2D eigenvalue weighted by atomic mass is 9.89. The normalized spacial score (nSPS) is 27.4. The topological polar surface area (TPSA) is 23.5 Å². The quantitative estimate of drug-likeness (QED) is 0.718. The van der Waals surface area contributed by atoms with E-state index in [0.717, 1.165) is 38.8 Å². The zero-order valence-corrected chi connectivity index (χ0v) is 12.0. The monoisotopic (exact) mass is 241 g/mol. The molecule has 1 aliphatic rings. The smallest absolute Gasteiger partial charge is 0.0660 e. The second-order valence-electron chi connectivity index (χ2n) is 6.02. The van der Waals surface area contributed by atoms with E-state index in [1.54, 1.807) is 0 Å². The summed E-state index contributed by atoms with van der Waals surface area (Å²) in [6, 6.07) is 0.623. The van der Waals surface area contributed by atoms with Gasteiger partial charge in [-0.2, -0.15) is 0 Å². The molecule has 0 aliphatic carbocycles. The highest BCUT2D eigenvalue weighted by Crippen LogP contribution is 2.28. The van der Waals surface area contributed by atoms with Crippen LogP contribution >= 0.6 is 0 Å². The van der Waals surface area contributed by atoms with Crippen LogP contribution in [0.3, 0.4) is 0 Å². The first-order valence-electron chi connectivity index (χ1n) is 7.54. The summed E-state index contributed by atoms with van der Waals surface area (Å²) < 4.78 is 0. The molecule has 0 aromatic heterocycles. The summed E-state index contributed by atoms with van der Waals surface area (Å²) in [5, 5.41) is 10.6. The lowest BCUT2D eigenvalue weighted by Gasteiger charge is -2.28. The van der Waals surface area contributed by atoms with Crippen LogP contribution in [0.25, 0.3) is 0 Å². The Balaban J connectivity index is 2.32. The van der Waals surface area contributed by atoms with Crippen LogP contribution < -0.4 is 0 Å². The Hall–Kier alpha value is -0.0800. The molecular formula is C15H31NO. The molecule has 0 amide bonds. The van der Waals surface area contributed by atoms with Gasteiger partial charge < -0.3 is 10.0 Å². The summed E-state index contributed by atoms with van der Waals surface area (Å²) in [6.07, 6.45) is 9.22. The van der Waals surface area contributed by atoms with Crippen LogP contribution in [-0.2, 0) is 0 Å². The van der Waals surface area contributed by atoms with Crippen molar-refractivity contribution in [2.24, 2.45) is 0 Å². The average Bonchev–Trinajstić information content (AvgIpc) is 2.47. The molecule has 0 spiro atoms. The van der Waals surface area contributed by atoms with Crippen LogP contribution in [0.15, 0.2) is 0 Å². The minimum absolute atomic E-state index is 0.364. The van der Waals surface area contributed by atoms with Crippen molar-refractivity contribution in [3.05, 3.63) is 0 Å². The van der Waals surface area contributed by atoms with Crippen molar-refractivity contribution in [1.82, 2.24) is 4.90 Å². The van der Waals surface area contributed by atoms with Crippen LogP contribution in [0.1, 0.15) is 72.1 Å². The number of rotatable bonds is 6. The zero-order chi connectivity index (χ0) is 12.7. The highest BCUT2D eigenvalue weighted by atomic mass is 16.3. The molecule has 1 aliphatic heterocycles. The predicted octanol–water partition coefficient (Wildman–Crippen LogP) is 3.58. The van der Waals surface area contributed by atoms with E-state index in [0.29, 0.717) is 6.04 Å². The molecule has 0 radical (unpaired) electrons. The van der Waals surface area contributed by atoms with Gasteiger partial charge in [-0.15, -0.1) is 0 Å². The maximum atomic E-state index is 10.6. The molecule has 0 saturated carbocycles. The third-order valence-electron chi connectivity index (χ3n) is 4.18. The second-order valence-corrected chi connectivity index (χ2v) is 6.02. The second kappa shape index (κ2) is 7.38. The molecule has 1 atom stereocenters. The third kappa shape index (κ3) is 5.39. The SMILES string of the molecule is CCCCCCC1(O)CCCN(C(C)C)CC1. The van der Waals surface area contributed by atoms with E-state index >= 15 is 0 Å². The van der Waals surface area contributed by atoms with Crippen LogP contribution in [0.2, 0.25) is 0 Å². The number of unbranched alkanes of at least 4 members (excludes halogenated alkanes) is 3. The minimum Gasteiger partial charge on any atom is -0.390 e. The number of aliphatic hydroxyl groups is 1. The van der Waals surface area contributed by atoms with Gasteiger partial charge in [0.25, 0.3) is 0 Å². The van der Waals surface area contributed by atoms with Gasteiger partial charge in [0.1, 0.15) is 0 Å². The lowest BCUT2D eigenvalue weighted by Crippen LogP contribution is -2.34. The Kier molecular flexibility index (Phi) is 6.50. The van der Waals surface area contributed by atoms with Gasteiger partial charge in [-0.25, -0.2) is 0 Å².